The molecule has 3 nitrogen and oxygen atoms in total. The maximum atomic E-state index is 12.7. The summed E-state index contributed by atoms with van der Waals surface area (Å²) in [7, 11) is 0. The number of halogens is 2. The van der Waals surface area contributed by atoms with Gasteiger partial charge < -0.3 is 0 Å². The molecular formula is C12H8ClFN2O. The van der Waals surface area contributed by atoms with Crippen LogP contribution in [0.5, 0.6) is 0 Å². The van der Waals surface area contributed by atoms with Crippen LogP contribution < -0.4 is 0 Å². The second-order valence-corrected chi connectivity index (χ2v) is 3.84. The van der Waals surface area contributed by atoms with Crippen LogP contribution in [-0.2, 0) is 6.42 Å². The molecule has 0 aliphatic heterocycles. The molecule has 2 rings (SSSR count). The zero-order chi connectivity index (χ0) is 12.3. The largest absolute Gasteiger partial charge is 0.294 e. The summed E-state index contributed by atoms with van der Waals surface area (Å²) in [6.07, 6.45) is 0.121. The first-order valence-electron chi connectivity index (χ1n) is 4.92. The zero-order valence-electron chi connectivity index (χ0n) is 8.73. The smallest absolute Gasteiger partial charge is 0.168 e. The molecule has 5 heteroatoms. The average Bonchev–Trinajstić information content (AvgIpc) is 2.33. The highest BCUT2D eigenvalue weighted by atomic mass is 35.5. The SMILES string of the molecule is O=C(Cc1ccc(Cl)nn1)c1ccc(F)cc1. The van der Waals surface area contributed by atoms with Gasteiger partial charge in [0.15, 0.2) is 10.9 Å². The topological polar surface area (TPSA) is 42.9 Å². The highest BCUT2D eigenvalue weighted by Gasteiger charge is 2.08. The summed E-state index contributed by atoms with van der Waals surface area (Å²) in [4.78, 5) is 11.8. The number of carbonyl (C=O) groups is 1. The van der Waals surface area contributed by atoms with E-state index in [1.165, 1.54) is 24.3 Å². The van der Waals surface area contributed by atoms with Crippen LogP contribution in [0.15, 0.2) is 36.4 Å². The van der Waals surface area contributed by atoms with Crippen molar-refractivity contribution < 1.29 is 9.18 Å². The number of rotatable bonds is 3. The van der Waals surface area contributed by atoms with Gasteiger partial charge in [0.2, 0.25) is 0 Å². The molecule has 0 spiro atoms. The van der Waals surface area contributed by atoms with Gasteiger partial charge in [-0.1, -0.05) is 11.6 Å². The molecule has 17 heavy (non-hydrogen) atoms. The molecule has 0 atom stereocenters. The molecule has 86 valence electrons. The number of nitrogens with zero attached hydrogens (tertiary/aromatic N) is 2. The highest BCUT2D eigenvalue weighted by Crippen LogP contribution is 2.08. The fourth-order valence-electron chi connectivity index (χ4n) is 1.34. The molecule has 0 radical (unpaired) electrons. The Hall–Kier alpha value is -1.81. The molecule has 0 bridgehead atoms. The van der Waals surface area contributed by atoms with Crippen LogP contribution in [0.2, 0.25) is 5.15 Å². The first-order chi connectivity index (χ1) is 8.15. The maximum Gasteiger partial charge on any atom is 0.168 e. The molecule has 1 heterocycles. The summed E-state index contributed by atoms with van der Waals surface area (Å²) < 4.78 is 12.7. The van der Waals surface area contributed by atoms with E-state index in [0.717, 1.165) is 0 Å². The molecule has 0 fully saturated rings. The lowest BCUT2D eigenvalue weighted by Gasteiger charge is -2.00. The van der Waals surface area contributed by atoms with Crippen molar-refractivity contribution in [3.8, 4) is 0 Å². The minimum Gasteiger partial charge on any atom is -0.294 e. The van der Waals surface area contributed by atoms with Crippen molar-refractivity contribution in [3.63, 3.8) is 0 Å². The summed E-state index contributed by atoms with van der Waals surface area (Å²) in [5.74, 6) is -0.505. The van der Waals surface area contributed by atoms with E-state index < -0.39 is 0 Å². The molecule has 0 unspecified atom stereocenters. The van der Waals surface area contributed by atoms with Crippen LogP contribution in [-0.4, -0.2) is 16.0 Å². The van der Waals surface area contributed by atoms with Crippen LogP contribution >= 0.6 is 11.6 Å². The van der Waals surface area contributed by atoms with Crippen LogP contribution in [0.3, 0.4) is 0 Å². The van der Waals surface area contributed by atoms with Gasteiger partial charge in [0.1, 0.15) is 5.82 Å². The van der Waals surface area contributed by atoms with Gasteiger partial charge in [-0.05, 0) is 36.4 Å². The molecule has 0 N–H and O–H groups in total. The van der Waals surface area contributed by atoms with Crippen molar-refractivity contribution in [2.45, 2.75) is 6.42 Å². The zero-order valence-corrected chi connectivity index (χ0v) is 9.49. The number of ketones is 1. The lowest BCUT2D eigenvalue weighted by atomic mass is 10.1. The lowest BCUT2D eigenvalue weighted by molar-refractivity contribution is 0.0991. The number of benzene rings is 1. The van der Waals surface area contributed by atoms with E-state index in [4.69, 9.17) is 11.6 Å². The first-order valence-corrected chi connectivity index (χ1v) is 5.30. The minimum atomic E-state index is -0.368. The van der Waals surface area contributed by atoms with E-state index in [1.54, 1.807) is 12.1 Å². The number of hydrogen-bond donors (Lipinski definition) is 0. The second-order valence-electron chi connectivity index (χ2n) is 3.45. The van der Waals surface area contributed by atoms with Gasteiger partial charge in [0.25, 0.3) is 0 Å². The van der Waals surface area contributed by atoms with E-state index in [1.807, 2.05) is 0 Å². The molecule has 0 amide bonds. The van der Waals surface area contributed by atoms with Crippen LogP contribution in [0.25, 0.3) is 0 Å². The standard InChI is InChI=1S/C12H8ClFN2O/c13-12-6-5-10(15-16-12)7-11(17)8-1-3-9(14)4-2-8/h1-6H,7H2. The highest BCUT2D eigenvalue weighted by molar-refractivity contribution is 6.29. The summed E-state index contributed by atoms with van der Waals surface area (Å²) in [6.45, 7) is 0. The van der Waals surface area contributed by atoms with Gasteiger partial charge >= 0.3 is 0 Å². The van der Waals surface area contributed by atoms with E-state index in [9.17, 15) is 9.18 Å². The third kappa shape index (κ3) is 3.07. The van der Waals surface area contributed by atoms with Crippen molar-refractivity contribution in [2.75, 3.05) is 0 Å². The second kappa shape index (κ2) is 5.01. The third-order valence-corrected chi connectivity index (χ3v) is 2.40. The maximum absolute atomic E-state index is 12.7. The normalized spacial score (nSPS) is 10.2. The van der Waals surface area contributed by atoms with Gasteiger partial charge in [0.05, 0.1) is 12.1 Å². The number of carbonyl (C=O) groups excluding carboxylic acids is 1. The Morgan fingerprint density at radius 2 is 1.82 bits per heavy atom. The van der Waals surface area contributed by atoms with Crippen molar-refractivity contribution in [2.24, 2.45) is 0 Å². The quantitative estimate of drug-likeness (QED) is 0.787. The van der Waals surface area contributed by atoms with Gasteiger partial charge in [0, 0.05) is 5.56 Å². The van der Waals surface area contributed by atoms with Crippen LogP contribution in [0.4, 0.5) is 4.39 Å². The van der Waals surface area contributed by atoms with E-state index >= 15 is 0 Å². The Morgan fingerprint density at radius 3 is 2.41 bits per heavy atom. The molecule has 2 aromatic rings. The molecule has 0 saturated heterocycles. The van der Waals surface area contributed by atoms with Crippen molar-refractivity contribution in [1.29, 1.82) is 0 Å². The van der Waals surface area contributed by atoms with Gasteiger partial charge in [-0.3, -0.25) is 4.79 Å². The lowest BCUT2D eigenvalue weighted by Crippen LogP contribution is -2.05. The molecule has 0 aliphatic rings. The molecule has 0 aliphatic carbocycles. The average molecular weight is 251 g/mol. The molecule has 1 aromatic carbocycles. The molecule has 1 aromatic heterocycles. The van der Waals surface area contributed by atoms with Crippen LogP contribution in [0.1, 0.15) is 16.1 Å². The van der Waals surface area contributed by atoms with Gasteiger partial charge in [-0.15, -0.1) is 5.10 Å². The predicted octanol–water partition coefficient (Wildman–Crippen LogP) is 2.69. The summed E-state index contributed by atoms with van der Waals surface area (Å²) >= 11 is 5.58. The Labute approximate surface area is 102 Å². The van der Waals surface area contributed by atoms with Gasteiger partial charge in [-0.2, -0.15) is 5.10 Å². The minimum absolute atomic E-state index is 0.121. The fraction of sp³-hybridized carbons (Fsp3) is 0.0833. The van der Waals surface area contributed by atoms with Crippen molar-refractivity contribution in [1.82, 2.24) is 10.2 Å². The Balaban J connectivity index is 2.11. The predicted molar refractivity (Wildman–Crippen MR) is 61.5 cm³/mol. The Bertz CT molecular complexity index is 525. The van der Waals surface area contributed by atoms with Crippen molar-refractivity contribution >= 4 is 17.4 Å². The Kier molecular flexibility index (Phi) is 3.44. The summed E-state index contributed by atoms with van der Waals surface area (Å²) in [6, 6.07) is 8.60. The van der Waals surface area contributed by atoms with Crippen LogP contribution in [0, 0.1) is 5.82 Å². The molecule has 0 saturated carbocycles. The van der Waals surface area contributed by atoms with E-state index in [0.29, 0.717) is 11.3 Å². The van der Waals surface area contributed by atoms with E-state index in [-0.39, 0.29) is 23.2 Å². The monoisotopic (exact) mass is 250 g/mol. The first kappa shape index (κ1) is 11.7. The molecular weight excluding hydrogens is 243 g/mol. The summed E-state index contributed by atoms with van der Waals surface area (Å²) in [5.41, 5.74) is 0.979. The number of aromatic nitrogens is 2. The van der Waals surface area contributed by atoms with Crippen molar-refractivity contribution in [3.05, 3.63) is 58.6 Å². The Morgan fingerprint density at radius 1 is 1.12 bits per heavy atom. The van der Waals surface area contributed by atoms with Gasteiger partial charge in [-0.25, -0.2) is 4.39 Å². The third-order valence-electron chi connectivity index (χ3n) is 2.20. The fourth-order valence-corrected chi connectivity index (χ4v) is 1.44. The summed E-state index contributed by atoms with van der Waals surface area (Å²) in [5, 5.41) is 7.71. The number of hydrogen-bond acceptors (Lipinski definition) is 3. The van der Waals surface area contributed by atoms with E-state index in [2.05, 4.69) is 10.2 Å². The number of Topliss-reactive ketones (excluding diaryl/α,β-unsaturated/α-hetero) is 1.